The maximum atomic E-state index is 5.97. The summed E-state index contributed by atoms with van der Waals surface area (Å²) in [6, 6.07) is 0. The molecule has 0 aromatic carbocycles. The third-order valence-corrected chi connectivity index (χ3v) is 5.12. The van der Waals surface area contributed by atoms with Crippen molar-refractivity contribution >= 4 is 33.7 Å². The standard InChI is InChI=1S/C13H18N4S2/c1-8-7-18-13(16-8)10-11(14)17-19-12(10)15-6-2-3-9-4-5-9/h7,9,15H,2-6H2,1H3,(H2,14,17). The first-order valence-corrected chi connectivity index (χ1v) is 8.31. The Hall–Kier alpha value is -1.14. The first kappa shape index (κ1) is 12.9. The highest BCUT2D eigenvalue weighted by molar-refractivity contribution is 7.15. The SMILES string of the molecule is Cc1csc(-c2c(N)nsc2NCCCC2CC2)n1. The Morgan fingerprint density at radius 1 is 1.47 bits per heavy atom. The van der Waals surface area contributed by atoms with Crippen molar-refractivity contribution in [1.82, 2.24) is 9.36 Å². The van der Waals surface area contributed by atoms with Crippen molar-refractivity contribution in [2.75, 3.05) is 17.6 Å². The van der Waals surface area contributed by atoms with Crippen LogP contribution in [0.2, 0.25) is 0 Å². The number of aryl methyl sites for hydroxylation is 1. The summed E-state index contributed by atoms with van der Waals surface area (Å²) in [5, 5.41) is 7.54. The van der Waals surface area contributed by atoms with Crippen LogP contribution in [0.4, 0.5) is 10.8 Å². The maximum absolute atomic E-state index is 5.97. The highest BCUT2D eigenvalue weighted by Crippen LogP contribution is 2.38. The molecular weight excluding hydrogens is 276 g/mol. The molecule has 1 saturated carbocycles. The third-order valence-electron chi connectivity index (χ3n) is 3.32. The van der Waals surface area contributed by atoms with E-state index in [-0.39, 0.29) is 0 Å². The molecule has 0 saturated heterocycles. The number of nitrogens with zero attached hydrogens (tertiary/aromatic N) is 2. The number of thiazole rings is 1. The smallest absolute Gasteiger partial charge is 0.149 e. The predicted octanol–water partition coefficient (Wildman–Crippen LogP) is 3.76. The highest BCUT2D eigenvalue weighted by Gasteiger charge is 2.20. The molecule has 3 rings (SSSR count). The Labute approximate surface area is 121 Å². The molecule has 2 aromatic rings. The fraction of sp³-hybridized carbons (Fsp3) is 0.538. The second kappa shape index (κ2) is 5.46. The molecule has 1 aliphatic carbocycles. The number of hydrogen-bond donors (Lipinski definition) is 2. The summed E-state index contributed by atoms with van der Waals surface area (Å²) >= 11 is 3.06. The lowest BCUT2D eigenvalue weighted by Crippen LogP contribution is -2.01. The maximum Gasteiger partial charge on any atom is 0.149 e. The monoisotopic (exact) mass is 294 g/mol. The van der Waals surface area contributed by atoms with Crippen LogP contribution in [-0.2, 0) is 0 Å². The summed E-state index contributed by atoms with van der Waals surface area (Å²) in [5.74, 6) is 1.58. The van der Waals surface area contributed by atoms with Gasteiger partial charge in [-0.15, -0.1) is 11.3 Å². The molecule has 2 heterocycles. The van der Waals surface area contributed by atoms with Crippen molar-refractivity contribution in [3.8, 4) is 10.6 Å². The van der Waals surface area contributed by atoms with Gasteiger partial charge in [0.15, 0.2) is 0 Å². The summed E-state index contributed by atoms with van der Waals surface area (Å²) in [6.45, 7) is 2.99. The fourth-order valence-corrected chi connectivity index (χ4v) is 3.76. The molecule has 102 valence electrons. The zero-order valence-corrected chi connectivity index (χ0v) is 12.6. The topological polar surface area (TPSA) is 63.8 Å². The van der Waals surface area contributed by atoms with Crippen LogP contribution < -0.4 is 11.1 Å². The Balaban J connectivity index is 1.67. The first-order valence-electron chi connectivity index (χ1n) is 6.65. The van der Waals surface area contributed by atoms with Crippen molar-refractivity contribution in [1.29, 1.82) is 0 Å². The first-order chi connectivity index (χ1) is 9.24. The lowest BCUT2D eigenvalue weighted by Gasteiger charge is -2.05. The molecule has 0 atom stereocenters. The van der Waals surface area contributed by atoms with Crippen molar-refractivity contribution in [3.05, 3.63) is 11.1 Å². The molecule has 4 nitrogen and oxygen atoms in total. The second-order valence-electron chi connectivity index (χ2n) is 5.08. The molecule has 0 spiro atoms. The third kappa shape index (κ3) is 3.06. The molecule has 1 aliphatic rings. The average molecular weight is 294 g/mol. The molecule has 19 heavy (non-hydrogen) atoms. The zero-order chi connectivity index (χ0) is 13.2. The number of nitrogens with two attached hydrogens (primary N) is 1. The van der Waals surface area contributed by atoms with Gasteiger partial charge in [-0.25, -0.2) is 4.98 Å². The molecule has 0 amide bonds. The number of hydrogen-bond acceptors (Lipinski definition) is 6. The molecule has 6 heteroatoms. The van der Waals surface area contributed by atoms with Crippen LogP contribution in [0.15, 0.2) is 5.38 Å². The van der Waals surface area contributed by atoms with Gasteiger partial charge in [0, 0.05) is 17.6 Å². The van der Waals surface area contributed by atoms with E-state index in [0.717, 1.165) is 33.7 Å². The molecule has 2 aromatic heterocycles. The van der Waals surface area contributed by atoms with Crippen LogP contribution in [0.25, 0.3) is 10.6 Å². The molecule has 0 radical (unpaired) electrons. The largest absolute Gasteiger partial charge is 0.382 e. The van der Waals surface area contributed by atoms with Gasteiger partial charge >= 0.3 is 0 Å². The van der Waals surface area contributed by atoms with E-state index in [1.807, 2.05) is 12.3 Å². The van der Waals surface area contributed by atoms with Gasteiger partial charge in [0.2, 0.25) is 0 Å². The van der Waals surface area contributed by atoms with E-state index in [2.05, 4.69) is 14.7 Å². The summed E-state index contributed by atoms with van der Waals surface area (Å²) in [4.78, 5) is 4.51. The number of nitrogens with one attached hydrogen (secondary N) is 1. The molecular formula is C13H18N4S2. The van der Waals surface area contributed by atoms with E-state index in [9.17, 15) is 0 Å². The quantitative estimate of drug-likeness (QED) is 0.796. The van der Waals surface area contributed by atoms with E-state index in [0.29, 0.717) is 5.82 Å². The van der Waals surface area contributed by atoms with Gasteiger partial charge in [0.1, 0.15) is 15.8 Å². The molecule has 0 aliphatic heterocycles. The molecule has 0 unspecified atom stereocenters. The van der Waals surface area contributed by atoms with Crippen molar-refractivity contribution in [3.63, 3.8) is 0 Å². The van der Waals surface area contributed by atoms with Crippen LogP contribution in [-0.4, -0.2) is 15.9 Å². The van der Waals surface area contributed by atoms with Gasteiger partial charge in [0.25, 0.3) is 0 Å². The Kier molecular flexibility index (Phi) is 3.70. The fourth-order valence-electron chi connectivity index (χ4n) is 2.10. The van der Waals surface area contributed by atoms with E-state index >= 15 is 0 Å². The summed E-state index contributed by atoms with van der Waals surface area (Å²) < 4.78 is 4.25. The van der Waals surface area contributed by atoms with Crippen molar-refractivity contribution in [2.45, 2.75) is 32.6 Å². The normalized spacial score (nSPS) is 14.8. The van der Waals surface area contributed by atoms with E-state index in [1.165, 1.54) is 37.2 Å². The van der Waals surface area contributed by atoms with Gasteiger partial charge < -0.3 is 11.1 Å². The minimum Gasteiger partial charge on any atom is -0.382 e. The zero-order valence-electron chi connectivity index (χ0n) is 11.0. The van der Waals surface area contributed by atoms with Crippen molar-refractivity contribution in [2.24, 2.45) is 5.92 Å². The molecule has 0 bridgehead atoms. The van der Waals surface area contributed by atoms with Crippen molar-refractivity contribution < 1.29 is 0 Å². The van der Waals surface area contributed by atoms with Gasteiger partial charge in [-0.3, -0.25) is 0 Å². The molecule has 1 fully saturated rings. The van der Waals surface area contributed by atoms with Crippen LogP contribution in [0.3, 0.4) is 0 Å². The lowest BCUT2D eigenvalue weighted by molar-refractivity contribution is 0.688. The lowest BCUT2D eigenvalue weighted by atomic mass is 10.2. The van der Waals surface area contributed by atoms with E-state index in [4.69, 9.17) is 5.73 Å². The van der Waals surface area contributed by atoms with Crippen LogP contribution in [0, 0.1) is 12.8 Å². The molecule has 3 N–H and O–H groups in total. The Morgan fingerprint density at radius 2 is 2.32 bits per heavy atom. The summed E-state index contributed by atoms with van der Waals surface area (Å²) in [6.07, 6.45) is 5.42. The Morgan fingerprint density at radius 3 is 3.00 bits per heavy atom. The van der Waals surface area contributed by atoms with Gasteiger partial charge in [-0.2, -0.15) is 4.37 Å². The van der Waals surface area contributed by atoms with E-state index in [1.54, 1.807) is 11.3 Å². The van der Waals surface area contributed by atoms with Gasteiger partial charge in [-0.1, -0.05) is 12.8 Å². The minimum absolute atomic E-state index is 0.587. The predicted molar refractivity (Wildman–Crippen MR) is 82.8 cm³/mol. The van der Waals surface area contributed by atoms with E-state index < -0.39 is 0 Å². The second-order valence-corrected chi connectivity index (χ2v) is 6.71. The van der Waals surface area contributed by atoms with Crippen LogP contribution in [0.1, 0.15) is 31.4 Å². The van der Waals surface area contributed by atoms with Gasteiger partial charge in [-0.05, 0) is 37.2 Å². The highest BCUT2D eigenvalue weighted by atomic mass is 32.1. The summed E-state index contributed by atoms with van der Waals surface area (Å²) in [5.41, 5.74) is 7.98. The number of aromatic nitrogens is 2. The number of anilines is 2. The van der Waals surface area contributed by atoms with Crippen LogP contribution >= 0.6 is 22.9 Å². The van der Waals surface area contributed by atoms with Gasteiger partial charge in [0.05, 0.1) is 5.56 Å². The number of rotatable bonds is 6. The minimum atomic E-state index is 0.587. The average Bonchev–Trinajstić information content (AvgIpc) is 3.01. The van der Waals surface area contributed by atoms with Crippen LogP contribution in [0.5, 0.6) is 0 Å². The Bertz CT molecular complexity index is 557. The number of nitrogen functional groups attached to an aromatic ring is 1. The summed E-state index contributed by atoms with van der Waals surface area (Å²) in [7, 11) is 0.